The fourth-order valence-electron chi connectivity index (χ4n) is 2.95. The highest BCUT2D eigenvalue weighted by atomic mass is 32.1. The van der Waals surface area contributed by atoms with E-state index in [1.807, 2.05) is 25.7 Å². The predicted molar refractivity (Wildman–Crippen MR) is 99.7 cm³/mol. The molecule has 2 aromatic rings. The molecular weight excluding hydrogens is 320 g/mol. The molecule has 3 rings (SSSR count). The van der Waals surface area contributed by atoms with Crippen LogP contribution in [0.15, 0.2) is 35.8 Å². The summed E-state index contributed by atoms with van der Waals surface area (Å²) in [7, 11) is 4.05. The normalized spacial score (nSPS) is 15.3. The highest BCUT2D eigenvalue weighted by molar-refractivity contribution is 7.13. The van der Waals surface area contributed by atoms with Crippen LogP contribution in [0.3, 0.4) is 0 Å². The minimum Gasteiger partial charge on any atom is -0.378 e. The van der Waals surface area contributed by atoms with Crippen LogP contribution in [-0.4, -0.2) is 38.1 Å². The minimum absolute atomic E-state index is 0.113. The van der Waals surface area contributed by atoms with E-state index < -0.39 is 0 Å². The van der Waals surface area contributed by atoms with Gasteiger partial charge in [-0.1, -0.05) is 12.1 Å². The van der Waals surface area contributed by atoms with Gasteiger partial charge in [0.25, 0.3) is 0 Å². The lowest BCUT2D eigenvalue weighted by atomic mass is 9.96. The summed E-state index contributed by atoms with van der Waals surface area (Å²) in [6.45, 7) is 2.41. The zero-order valence-electron chi connectivity index (χ0n) is 14.2. The van der Waals surface area contributed by atoms with Gasteiger partial charge in [0.2, 0.25) is 5.91 Å². The SMILES string of the molecule is CN(C)c1ccc(CNC(=O)C2CCN(c3nccs3)CC2)cc1. The largest absolute Gasteiger partial charge is 0.378 e. The van der Waals surface area contributed by atoms with Crippen molar-refractivity contribution < 1.29 is 4.79 Å². The van der Waals surface area contributed by atoms with Crippen LogP contribution in [0.4, 0.5) is 10.8 Å². The Balaban J connectivity index is 1.46. The molecule has 0 radical (unpaired) electrons. The van der Waals surface area contributed by atoms with E-state index in [2.05, 4.69) is 44.4 Å². The summed E-state index contributed by atoms with van der Waals surface area (Å²) in [6, 6.07) is 8.30. The number of nitrogens with one attached hydrogen (secondary N) is 1. The number of benzene rings is 1. The summed E-state index contributed by atoms with van der Waals surface area (Å²) >= 11 is 1.66. The van der Waals surface area contributed by atoms with Crippen LogP contribution < -0.4 is 15.1 Å². The summed E-state index contributed by atoms with van der Waals surface area (Å²) in [4.78, 5) is 21.1. The Hall–Kier alpha value is -2.08. The first kappa shape index (κ1) is 16.8. The molecule has 5 nitrogen and oxygen atoms in total. The minimum atomic E-state index is 0.113. The molecule has 1 aromatic heterocycles. The molecule has 0 bridgehead atoms. The summed E-state index contributed by atoms with van der Waals surface area (Å²) in [6.07, 6.45) is 3.62. The molecule has 2 heterocycles. The molecule has 0 atom stereocenters. The molecule has 1 amide bonds. The first-order chi connectivity index (χ1) is 11.6. The molecular formula is C18H24N4OS. The van der Waals surface area contributed by atoms with Crippen molar-refractivity contribution in [1.29, 1.82) is 0 Å². The molecule has 1 aromatic carbocycles. The quantitative estimate of drug-likeness (QED) is 0.906. The van der Waals surface area contributed by atoms with Crippen molar-refractivity contribution in [3.63, 3.8) is 0 Å². The number of nitrogens with zero attached hydrogens (tertiary/aromatic N) is 3. The van der Waals surface area contributed by atoms with Gasteiger partial charge in [0, 0.05) is 56.9 Å². The maximum Gasteiger partial charge on any atom is 0.223 e. The fraction of sp³-hybridized carbons (Fsp3) is 0.444. The van der Waals surface area contributed by atoms with E-state index in [0.717, 1.165) is 36.6 Å². The average molecular weight is 344 g/mol. The van der Waals surface area contributed by atoms with E-state index in [4.69, 9.17) is 0 Å². The zero-order chi connectivity index (χ0) is 16.9. The third-order valence-electron chi connectivity index (χ3n) is 4.48. The monoisotopic (exact) mass is 344 g/mol. The number of hydrogen-bond acceptors (Lipinski definition) is 5. The highest BCUT2D eigenvalue weighted by Crippen LogP contribution is 2.25. The highest BCUT2D eigenvalue weighted by Gasteiger charge is 2.25. The molecule has 0 saturated carbocycles. The summed E-state index contributed by atoms with van der Waals surface area (Å²) < 4.78 is 0. The van der Waals surface area contributed by atoms with Crippen LogP contribution in [0.25, 0.3) is 0 Å². The van der Waals surface area contributed by atoms with Crippen molar-refractivity contribution >= 4 is 28.1 Å². The van der Waals surface area contributed by atoms with E-state index in [9.17, 15) is 4.79 Å². The van der Waals surface area contributed by atoms with Gasteiger partial charge in [0.05, 0.1) is 0 Å². The summed E-state index contributed by atoms with van der Waals surface area (Å²) in [5, 5.41) is 6.14. The smallest absolute Gasteiger partial charge is 0.223 e. The lowest BCUT2D eigenvalue weighted by Gasteiger charge is -2.31. The topological polar surface area (TPSA) is 48.5 Å². The number of amides is 1. The van der Waals surface area contributed by atoms with E-state index in [1.54, 1.807) is 11.3 Å². The molecule has 1 saturated heterocycles. The Morgan fingerprint density at radius 3 is 2.58 bits per heavy atom. The second-order valence-electron chi connectivity index (χ2n) is 6.35. The van der Waals surface area contributed by atoms with E-state index in [-0.39, 0.29) is 11.8 Å². The van der Waals surface area contributed by atoms with E-state index >= 15 is 0 Å². The number of thiazole rings is 1. The van der Waals surface area contributed by atoms with Gasteiger partial charge < -0.3 is 15.1 Å². The lowest BCUT2D eigenvalue weighted by molar-refractivity contribution is -0.125. The third kappa shape index (κ3) is 4.06. The molecule has 6 heteroatoms. The van der Waals surface area contributed by atoms with Gasteiger partial charge in [-0.15, -0.1) is 11.3 Å². The number of carbonyl (C=O) groups excluding carboxylic acids is 1. The Bertz CT molecular complexity index is 646. The Kier molecular flexibility index (Phi) is 5.35. The summed E-state index contributed by atoms with van der Waals surface area (Å²) in [5.41, 5.74) is 2.30. The number of hydrogen-bond donors (Lipinski definition) is 1. The van der Waals surface area contributed by atoms with Gasteiger partial charge in [0.1, 0.15) is 0 Å². The van der Waals surface area contributed by atoms with Crippen LogP contribution in [0, 0.1) is 5.92 Å². The first-order valence-corrected chi connectivity index (χ1v) is 9.20. The van der Waals surface area contributed by atoms with Crippen LogP contribution >= 0.6 is 11.3 Å². The number of piperidine rings is 1. The standard InChI is InChI=1S/C18H24N4OS/c1-21(2)16-5-3-14(4-6-16)13-20-17(23)15-7-10-22(11-8-15)18-19-9-12-24-18/h3-6,9,12,15H,7-8,10-11,13H2,1-2H3,(H,20,23). The van der Waals surface area contributed by atoms with Crippen molar-refractivity contribution in [2.75, 3.05) is 37.0 Å². The molecule has 0 spiro atoms. The van der Waals surface area contributed by atoms with Gasteiger partial charge in [-0.25, -0.2) is 4.98 Å². The van der Waals surface area contributed by atoms with Crippen LogP contribution in [0.1, 0.15) is 18.4 Å². The molecule has 128 valence electrons. The predicted octanol–water partition coefficient (Wildman–Crippen LogP) is 2.74. The van der Waals surface area contributed by atoms with Gasteiger partial charge in [0.15, 0.2) is 5.13 Å². The van der Waals surface area contributed by atoms with Crippen molar-refractivity contribution in [2.24, 2.45) is 5.92 Å². The Morgan fingerprint density at radius 2 is 2.00 bits per heavy atom. The van der Waals surface area contributed by atoms with Gasteiger partial charge in [-0.2, -0.15) is 0 Å². The number of anilines is 2. The molecule has 1 N–H and O–H groups in total. The van der Waals surface area contributed by atoms with Crippen molar-refractivity contribution in [2.45, 2.75) is 19.4 Å². The van der Waals surface area contributed by atoms with Crippen molar-refractivity contribution in [1.82, 2.24) is 10.3 Å². The molecule has 1 aliphatic heterocycles. The number of carbonyl (C=O) groups is 1. The molecule has 1 fully saturated rings. The summed E-state index contributed by atoms with van der Waals surface area (Å²) in [5.74, 6) is 0.285. The molecule has 0 unspecified atom stereocenters. The second-order valence-corrected chi connectivity index (χ2v) is 7.23. The number of rotatable bonds is 5. The van der Waals surface area contributed by atoms with Crippen LogP contribution in [-0.2, 0) is 11.3 Å². The van der Waals surface area contributed by atoms with Crippen molar-refractivity contribution in [3.8, 4) is 0 Å². The van der Waals surface area contributed by atoms with Gasteiger partial charge in [-0.3, -0.25) is 4.79 Å². The van der Waals surface area contributed by atoms with Crippen LogP contribution in [0.5, 0.6) is 0 Å². The van der Waals surface area contributed by atoms with Gasteiger partial charge >= 0.3 is 0 Å². The number of aromatic nitrogens is 1. The first-order valence-electron chi connectivity index (χ1n) is 8.32. The maximum atomic E-state index is 12.4. The molecule has 0 aliphatic carbocycles. The Morgan fingerprint density at radius 1 is 1.29 bits per heavy atom. The maximum absolute atomic E-state index is 12.4. The van der Waals surface area contributed by atoms with Gasteiger partial charge in [-0.05, 0) is 30.5 Å². The average Bonchev–Trinajstić information content (AvgIpc) is 3.15. The second kappa shape index (κ2) is 7.66. The van der Waals surface area contributed by atoms with E-state index in [0.29, 0.717) is 6.54 Å². The lowest BCUT2D eigenvalue weighted by Crippen LogP contribution is -2.40. The van der Waals surface area contributed by atoms with E-state index in [1.165, 1.54) is 5.69 Å². The Labute approximate surface area is 147 Å². The zero-order valence-corrected chi connectivity index (χ0v) is 15.1. The molecule has 24 heavy (non-hydrogen) atoms. The molecule has 1 aliphatic rings. The fourth-order valence-corrected chi connectivity index (χ4v) is 3.65. The van der Waals surface area contributed by atoms with Crippen molar-refractivity contribution in [3.05, 3.63) is 41.4 Å². The third-order valence-corrected chi connectivity index (χ3v) is 5.31. The van der Waals surface area contributed by atoms with Crippen LogP contribution in [0.2, 0.25) is 0 Å².